The average Bonchev–Trinajstić information content (AvgIpc) is 2.80. The van der Waals surface area contributed by atoms with Crippen LogP contribution in [0.3, 0.4) is 0 Å². The van der Waals surface area contributed by atoms with Gasteiger partial charge >= 0.3 is 0 Å². The molecule has 2 rings (SSSR count). The normalized spacial score (nSPS) is 12.9. The van der Waals surface area contributed by atoms with E-state index in [1.54, 1.807) is 0 Å². The van der Waals surface area contributed by atoms with Crippen LogP contribution in [-0.2, 0) is 13.1 Å². The number of likely N-dealkylation sites (N-methyl/N-ethyl adjacent to an activating group) is 1. The summed E-state index contributed by atoms with van der Waals surface area (Å²) in [6.07, 6.45) is 3.82. The molecule has 0 aromatic carbocycles. The SMILES string of the molecule is Cc1cc(C)nc(CN(C)[C@H](C)Cn2cccn2)c1. The van der Waals surface area contributed by atoms with Gasteiger partial charge in [-0.15, -0.1) is 0 Å². The van der Waals surface area contributed by atoms with Crippen molar-refractivity contribution in [2.45, 2.75) is 39.9 Å². The van der Waals surface area contributed by atoms with Crippen molar-refractivity contribution < 1.29 is 0 Å². The first-order chi connectivity index (χ1) is 9.04. The monoisotopic (exact) mass is 258 g/mol. The largest absolute Gasteiger partial charge is 0.296 e. The van der Waals surface area contributed by atoms with Crippen molar-refractivity contribution >= 4 is 0 Å². The van der Waals surface area contributed by atoms with Crippen molar-refractivity contribution in [2.24, 2.45) is 0 Å². The number of aryl methyl sites for hydroxylation is 2. The molecule has 0 saturated heterocycles. The van der Waals surface area contributed by atoms with Crippen LogP contribution in [0.25, 0.3) is 0 Å². The highest BCUT2D eigenvalue weighted by Gasteiger charge is 2.11. The molecule has 0 saturated carbocycles. The Hall–Kier alpha value is -1.68. The van der Waals surface area contributed by atoms with Crippen molar-refractivity contribution in [3.63, 3.8) is 0 Å². The third-order valence-electron chi connectivity index (χ3n) is 3.33. The third kappa shape index (κ3) is 3.89. The standard InChI is InChI=1S/C15H22N4/c1-12-8-13(2)17-15(9-12)11-18(4)14(3)10-19-7-5-6-16-19/h5-9,14H,10-11H2,1-4H3/t14-/m1/s1. The minimum absolute atomic E-state index is 0.419. The van der Waals surface area contributed by atoms with Crippen LogP contribution in [0, 0.1) is 13.8 Å². The fraction of sp³-hybridized carbons (Fsp3) is 0.467. The highest BCUT2D eigenvalue weighted by molar-refractivity contribution is 5.19. The quantitative estimate of drug-likeness (QED) is 0.826. The lowest BCUT2D eigenvalue weighted by atomic mass is 10.2. The number of rotatable bonds is 5. The zero-order valence-corrected chi connectivity index (χ0v) is 12.2. The first-order valence-electron chi connectivity index (χ1n) is 6.66. The van der Waals surface area contributed by atoms with E-state index in [9.17, 15) is 0 Å². The highest BCUT2D eigenvalue weighted by atomic mass is 15.3. The third-order valence-corrected chi connectivity index (χ3v) is 3.33. The number of nitrogens with zero attached hydrogens (tertiary/aromatic N) is 4. The van der Waals surface area contributed by atoms with Crippen LogP contribution in [0.5, 0.6) is 0 Å². The van der Waals surface area contributed by atoms with Crippen LogP contribution < -0.4 is 0 Å². The van der Waals surface area contributed by atoms with Crippen LogP contribution >= 0.6 is 0 Å². The Bertz CT molecular complexity index is 499. The maximum absolute atomic E-state index is 4.59. The first-order valence-corrected chi connectivity index (χ1v) is 6.66. The van der Waals surface area contributed by atoms with E-state index in [4.69, 9.17) is 0 Å². The van der Waals surface area contributed by atoms with Crippen molar-refractivity contribution in [1.82, 2.24) is 19.7 Å². The molecule has 19 heavy (non-hydrogen) atoms. The molecular formula is C15H22N4. The number of hydrogen-bond acceptors (Lipinski definition) is 3. The molecule has 0 spiro atoms. The summed E-state index contributed by atoms with van der Waals surface area (Å²) in [5, 5.41) is 4.25. The van der Waals surface area contributed by atoms with E-state index in [0.717, 1.165) is 24.5 Å². The zero-order valence-electron chi connectivity index (χ0n) is 12.2. The average molecular weight is 258 g/mol. The van der Waals surface area contributed by atoms with Crippen molar-refractivity contribution in [2.75, 3.05) is 7.05 Å². The van der Waals surface area contributed by atoms with E-state index in [1.165, 1.54) is 5.56 Å². The Morgan fingerprint density at radius 2 is 2.11 bits per heavy atom. The molecule has 4 heteroatoms. The summed E-state index contributed by atoms with van der Waals surface area (Å²) >= 11 is 0. The van der Waals surface area contributed by atoms with Crippen LogP contribution in [0.15, 0.2) is 30.6 Å². The molecule has 0 bridgehead atoms. The fourth-order valence-corrected chi connectivity index (χ4v) is 2.24. The molecule has 2 heterocycles. The number of pyridine rings is 1. The summed E-state index contributed by atoms with van der Waals surface area (Å²) in [5.41, 5.74) is 3.49. The molecule has 2 aromatic rings. The van der Waals surface area contributed by atoms with E-state index in [2.05, 4.69) is 48.0 Å². The Labute approximate surface area is 115 Å². The minimum atomic E-state index is 0.419. The molecule has 2 aromatic heterocycles. The molecule has 0 N–H and O–H groups in total. The molecule has 0 fully saturated rings. The highest BCUT2D eigenvalue weighted by Crippen LogP contribution is 2.09. The van der Waals surface area contributed by atoms with Crippen LogP contribution in [0.1, 0.15) is 23.9 Å². The van der Waals surface area contributed by atoms with E-state index in [-0.39, 0.29) is 0 Å². The lowest BCUT2D eigenvalue weighted by Gasteiger charge is -2.24. The Morgan fingerprint density at radius 3 is 2.74 bits per heavy atom. The molecule has 4 nitrogen and oxygen atoms in total. The Kier molecular flexibility index (Phi) is 4.32. The van der Waals surface area contributed by atoms with E-state index in [0.29, 0.717) is 6.04 Å². The summed E-state index contributed by atoms with van der Waals surface area (Å²) in [5.74, 6) is 0. The van der Waals surface area contributed by atoms with Crippen LogP contribution in [0.4, 0.5) is 0 Å². The van der Waals surface area contributed by atoms with E-state index < -0.39 is 0 Å². The molecule has 102 valence electrons. The minimum Gasteiger partial charge on any atom is -0.296 e. The van der Waals surface area contributed by atoms with Crippen molar-refractivity contribution in [3.8, 4) is 0 Å². The van der Waals surface area contributed by atoms with Gasteiger partial charge in [0, 0.05) is 30.7 Å². The summed E-state index contributed by atoms with van der Waals surface area (Å²) in [6.45, 7) is 8.14. The van der Waals surface area contributed by atoms with Crippen LogP contribution in [-0.4, -0.2) is 32.8 Å². The second-order valence-corrected chi connectivity index (χ2v) is 5.27. The summed E-state index contributed by atoms with van der Waals surface area (Å²) in [7, 11) is 2.13. The lowest BCUT2D eigenvalue weighted by molar-refractivity contribution is 0.219. The maximum atomic E-state index is 4.59. The summed E-state index contributed by atoms with van der Waals surface area (Å²) in [4.78, 5) is 6.90. The molecule has 0 radical (unpaired) electrons. The zero-order chi connectivity index (χ0) is 13.8. The number of hydrogen-bond donors (Lipinski definition) is 0. The molecule has 0 unspecified atom stereocenters. The topological polar surface area (TPSA) is 34.0 Å². The second kappa shape index (κ2) is 5.97. The fourth-order valence-electron chi connectivity index (χ4n) is 2.24. The Balaban J connectivity index is 1.97. The summed E-state index contributed by atoms with van der Waals surface area (Å²) in [6, 6.07) is 6.64. The van der Waals surface area contributed by atoms with Gasteiger partial charge in [-0.1, -0.05) is 0 Å². The molecule has 0 aliphatic heterocycles. The molecule has 0 aliphatic carbocycles. The van der Waals surface area contributed by atoms with Gasteiger partial charge < -0.3 is 0 Å². The molecular weight excluding hydrogens is 236 g/mol. The van der Waals surface area contributed by atoms with Gasteiger partial charge in [-0.2, -0.15) is 5.10 Å². The van der Waals surface area contributed by atoms with Gasteiger partial charge in [-0.05, 0) is 51.6 Å². The van der Waals surface area contributed by atoms with Crippen LogP contribution in [0.2, 0.25) is 0 Å². The summed E-state index contributed by atoms with van der Waals surface area (Å²) < 4.78 is 1.97. The van der Waals surface area contributed by atoms with Crippen molar-refractivity contribution in [1.29, 1.82) is 0 Å². The van der Waals surface area contributed by atoms with Gasteiger partial charge in [0.1, 0.15) is 0 Å². The maximum Gasteiger partial charge on any atom is 0.0562 e. The van der Waals surface area contributed by atoms with Gasteiger partial charge in [0.15, 0.2) is 0 Å². The van der Waals surface area contributed by atoms with Gasteiger partial charge in [0.25, 0.3) is 0 Å². The predicted molar refractivity (Wildman–Crippen MR) is 76.9 cm³/mol. The molecule has 1 atom stereocenters. The number of aromatic nitrogens is 3. The second-order valence-electron chi connectivity index (χ2n) is 5.27. The first kappa shape index (κ1) is 13.7. The molecule has 0 aliphatic rings. The van der Waals surface area contributed by atoms with E-state index in [1.807, 2.05) is 30.1 Å². The molecule has 0 amide bonds. The van der Waals surface area contributed by atoms with Gasteiger partial charge in [-0.25, -0.2) is 0 Å². The van der Waals surface area contributed by atoms with Gasteiger partial charge in [0.05, 0.1) is 12.2 Å². The van der Waals surface area contributed by atoms with Gasteiger partial charge in [0.2, 0.25) is 0 Å². The van der Waals surface area contributed by atoms with E-state index >= 15 is 0 Å². The van der Waals surface area contributed by atoms with Gasteiger partial charge in [-0.3, -0.25) is 14.6 Å². The smallest absolute Gasteiger partial charge is 0.0562 e. The predicted octanol–water partition coefficient (Wildman–Crippen LogP) is 2.42. The lowest BCUT2D eigenvalue weighted by Crippen LogP contribution is -2.32. The van der Waals surface area contributed by atoms with Crippen molar-refractivity contribution in [3.05, 3.63) is 47.5 Å². The Morgan fingerprint density at radius 1 is 1.32 bits per heavy atom.